The molecule has 3 nitrogen and oxygen atoms in total. The van der Waals surface area contributed by atoms with Crippen molar-refractivity contribution < 1.29 is 9.53 Å². The molecule has 0 bridgehead atoms. The van der Waals surface area contributed by atoms with E-state index in [9.17, 15) is 4.79 Å². The molecule has 0 aromatic heterocycles. The van der Waals surface area contributed by atoms with Gasteiger partial charge in [-0.05, 0) is 31.7 Å². The van der Waals surface area contributed by atoms with Gasteiger partial charge < -0.3 is 9.64 Å². The number of hydrogen-bond acceptors (Lipinski definition) is 3. The van der Waals surface area contributed by atoms with Crippen molar-refractivity contribution in [3.63, 3.8) is 0 Å². The molecule has 0 heterocycles. The van der Waals surface area contributed by atoms with Crippen LogP contribution in [0.2, 0.25) is 0 Å². The number of Topliss-reactive ketones (excluding diaryl/α,β-unsaturated/α-hetero) is 1. The Morgan fingerprint density at radius 2 is 2.06 bits per heavy atom. The summed E-state index contributed by atoms with van der Waals surface area (Å²) < 4.78 is 5.20. The smallest absolute Gasteiger partial charge is 0.136 e. The third-order valence-electron chi connectivity index (χ3n) is 3.20. The molecule has 1 aromatic rings. The van der Waals surface area contributed by atoms with Gasteiger partial charge in [-0.3, -0.25) is 4.79 Å². The molecular weight excluding hydrogens is 226 g/mol. The van der Waals surface area contributed by atoms with E-state index >= 15 is 0 Å². The Morgan fingerprint density at radius 1 is 1.39 bits per heavy atom. The number of rotatable bonds is 6. The van der Waals surface area contributed by atoms with Crippen molar-refractivity contribution in [1.82, 2.24) is 4.90 Å². The van der Waals surface area contributed by atoms with E-state index in [0.29, 0.717) is 0 Å². The van der Waals surface area contributed by atoms with Crippen molar-refractivity contribution in [2.45, 2.75) is 27.3 Å². The first-order valence-electron chi connectivity index (χ1n) is 6.17. The first-order valence-corrected chi connectivity index (χ1v) is 6.17. The molecule has 0 saturated carbocycles. The number of nitrogens with zero attached hydrogens (tertiary/aromatic N) is 1. The van der Waals surface area contributed by atoms with Gasteiger partial charge in [-0.15, -0.1) is 0 Å². The lowest BCUT2D eigenvalue weighted by atomic mass is 9.88. The van der Waals surface area contributed by atoms with E-state index in [1.54, 1.807) is 14.0 Å². The number of ether oxygens (including phenoxy) is 1. The second kappa shape index (κ2) is 6.01. The summed E-state index contributed by atoms with van der Waals surface area (Å²) in [6, 6.07) is 8.01. The van der Waals surface area contributed by atoms with Crippen LogP contribution in [0, 0.1) is 5.41 Å². The van der Waals surface area contributed by atoms with E-state index in [0.717, 1.165) is 18.8 Å². The molecular formula is C15H23NO2. The third-order valence-corrected chi connectivity index (χ3v) is 3.20. The van der Waals surface area contributed by atoms with E-state index in [2.05, 4.69) is 11.0 Å². The van der Waals surface area contributed by atoms with E-state index in [4.69, 9.17) is 4.74 Å². The van der Waals surface area contributed by atoms with Crippen LogP contribution in [0.25, 0.3) is 0 Å². The molecule has 0 amide bonds. The molecule has 0 atom stereocenters. The van der Waals surface area contributed by atoms with Crippen molar-refractivity contribution in [1.29, 1.82) is 0 Å². The lowest BCUT2D eigenvalue weighted by molar-refractivity contribution is -0.125. The molecule has 0 aliphatic heterocycles. The molecule has 0 N–H and O–H groups in total. The third kappa shape index (κ3) is 4.15. The van der Waals surface area contributed by atoms with Crippen LogP contribution in [-0.4, -0.2) is 31.4 Å². The van der Waals surface area contributed by atoms with Crippen LogP contribution in [0.1, 0.15) is 26.3 Å². The number of hydrogen-bond donors (Lipinski definition) is 0. The molecule has 0 radical (unpaired) electrons. The minimum absolute atomic E-state index is 0.222. The van der Waals surface area contributed by atoms with Crippen LogP contribution in [0.5, 0.6) is 5.75 Å². The molecule has 0 fully saturated rings. The minimum Gasteiger partial charge on any atom is -0.497 e. The molecule has 100 valence electrons. The van der Waals surface area contributed by atoms with Crippen molar-refractivity contribution in [2.24, 2.45) is 5.41 Å². The van der Waals surface area contributed by atoms with Gasteiger partial charge in [-0.1, -0.05) is 26.0 Å². The summed E-state index contributed by atoms with van der Waals surface area (Å²) in [5.41, 5.74) is 0.893. The molecule has 18 heavy (non-hydrogen) atoms. The number of carbonyl (C=O) groups is 1. The molecule has 1 aromatic carbocycles. The zero-order valence-corrected chi connectivity index (χ0v) is 12.0. The Balaban J connectivity index is 2.64. The monoisotopic (exact) mass is 249 g/mol. The molecule has 0 unspecified atom stereocenters. The van der Waals surface area contributed by atoms with Crippen LogP contribution >= 0.6 is 0 Å². The SMILES string of the molecule is COc1cccc(CN(C)CC(C)(C)C(C)=O)c1. The van der Waals surface area contributed by atoms with E-state index < -0.39 is 0 Å². The quantitative estimate of drug-likeness (QED) is 0.776. The summed E-state index contributed by atoms with van der Waals surface area (Å²) in [6.45, 7) is 7.18. The Bertz CT molecular complexity index is 413. The first kappa shape index (κ1) is 14.7. The van der Waals surface area contributed by atoms with Crippen molar-refractivity contribution >= 4 is 5.78 Å². The van der Waals surface area contributed by atoms with Gasteiger partial charge in [0.15, 0.2) is 0 Å². The number of benzene rings is 1. The van der Waals surface area contributed by atoms with E-state index in [-0.39, 0.29) is 11.2 Å². The fourth-order valence-corrected chi connectivity index (χ4v) is 1.92. The molecule has 0 spiro atoms. The van der Waals surface area contributed by atoms with Gasteiger partial charge in [0.1, 0.15) is 11.5 Å². The zero-order valence-electron chi connectivity index (χ0n) is 12.0. The van der Waals surface area contributed by atoms with Crippen LogP contribution in [0.4, 0.5) is 0 Å². The lowest BCUT2D eigenvalue weighted by Gasteiger charge is -2.28. The van der Waals surface area contributed by atoms with Gasteiger partial charge in [0.25, 0.3) is 0 Å². The second-order valence-electron chi connectivity index (χ2n) is 5.46. The Kier molecular flexibility index (Phi) is 4.91. The summed E-state index contributed by atoms with van der Waals surface area (Å²) in [5, 5.41) is 0. The van der Waals surface area contributed by atoms with Crippen molar-refractivity contribution in [3.05, 3.63) is 29.8 Å². The summed E-state index contributed by atoms with van der Waals surface area (Å²) in [4.78, 5) is 13.7. The fraction of sp³-hybridized carbons (Fsp3) is 0.533. The average Bonchev–Trinajstić information content (AvgIpc) is 2.28. The van der Waals surface area contributed by atoms with Crippen LogP contribution in [0.15, 0.2) is 24.3 Å². The van der Waals surface area contributed by atoms with Gasteiger partial charge in [-0.2, -0.15) is 0 Å². The highest BCUT2D eigenvalue weighted by Crippen LogP contribution is 2.20. The minimum atomic E-state index is -0.298. The van der Waals surface area contributed by atoms with Gasteiger partial charge in [0.2, 0.25) is 0 Å². The predicted molar refractivity (Wildman–Crippen MR) is 73.8 cm³/mol. The van der Waals surface area contributed by atoms with Gasteiger partial charge in [0.05, 0.1) is 7.11 Å². The number of carbonyl (C=O) groups excluding carboxylic acids is 1. The number of methoxy groups -OCH3 is 1. The number of ketones is 1. The average molecular weight is 249 g/mol. The zero-order chi connectivity index (χ0) is 13.8. The van der Waals surface area contributed by atoms with E-state index in [1.807, 2.05) is 39.1 Å². The normalized spacial score (nSPS) is 11.7. The van der Waals surface area contributed by atoms with E-state index in [1.165, 1.54) is 5.56 Å². The van der Waals surface area contributed by atoms with Gasteiger partial charge in [0, 0.05) is 18.5 Å². The molecule has 0 aliphatic rings. The Morgan fingerprint density at radius 3 is 2.61 bits per heavy atom. The van der Waals surface area contributed by atoms with Crippen LogP contribution in [-0.2, 0) is 11.3 Å². The standard InChI is InChI=1S/C15H23NO2/c1-12(17)15(2,3)11-16(4)10-13-7-6-8-14(9-13)18-5/h6-9H,10-11H2,1-5H3. The predicted octanol–water partition coefficient (Wildman–Crippen LogP) is 2.74. The summed E-state index contributed by atoms with van der Waals surface area (Å²) in [7, 11) is 3.70. The molecule has 0 aliphatic carbocycles. The molecule has 0 saturated heterocycles. The van der Waals surface area contributed by atoms with Gasteiger partial charge >= 0.3 is 0 Å². The maximum absolute atomic E-state index is 11.5. The van der Waals surface area contributed by atoms with Crippen LogP contribution < -0.4 is 4.74 Å². The van der Waals surface area contributed by atoms with Gasteiger partial charge in [-0.25, -0.2) is 0 Å². The van der Waals surface area contributed by atoms with Crippen molar-refractivity contribution in [2.75, 3.05) is 20.7 Å². The summed E-state index contributed by atoms with van der Waals surface area (Å²) >= 11 is 0. The van der Waals surface area contributed by atoms with Crippen LogP contribution in [0.3, 0.4) is 0 Å². The van der Waals surface area contributed by atoms with Crippen molar-refractivity contribution in [3.8, 4) is 5.75 Å². The Hall–Kier alpha value is -1.35. The summed E-state index contributed by atoms with van der Waals surface area (Å²) in [5.74, 6) is 1.09. The summed E-state index contributed by atoms with van der Waals surface area (Å²) in [6.07, 6.45) is 0. The fourth-order valence-electron chi connectivity index (χ4n) is 1.92. The highest BCUT2D eigenvalue weighted by atomic mass is 16.5. The topological polar surface area (TPSA) is 29.5 Å². The largest absolute Gasteiger partial charge is 0.497 e. The highest BCUT2D eigenvalue weighted by molar-refractivity contribution is 5.81. The molecule has 1 rings (SSSR count). The second-order valence-corrected chi connectivity index (χ2v) is 5.46. The first-order chi connectivity index (χ1) is 8.35. The Labute approximate surface area is 110 Å². The maximum Gasteiger partial charge on any atom is 0.136 e. The molecule has 3 heteroatoms. The maximum atomic E-state index is 11.5. The highest BCUT2D eigenvalue weighted by Gasteiger charge is 2.25. The lowest BCUT2D eigenvalue weighted by Crippen LogP contribution is -2.35.